The zero-order valence-electron chi connectivity index (χ0n) is 10.1. The second kappa shape index (κ2) is 6.05. The van der Waals surface area contributed by atoms with E-state index in [2.05, 4.69) is 27.2 Å². The molecular weight excluding hydrogens is 234 g/mol. The second-order valence-corrected chi connectivity index (χ2v) is 5.52. The topological polar surface area (TPSA) is 76.7 Å². The van der Waals surface area contributed by atoms with E-state index >= 15 is 0 Å². The van der Waals surface area contributed by atoms with Gasteiger partial charge in [0.25, 0.3) is 0 Å². The molecule has 1 saturated carbocycles. The third kappa shape index (κ3) is 4.03. The summed E-state index contributed by atoms with van der Waals surface area (Å²) in [5, 5.41) is 3.21. The van der Waals surface area contributed by atoms with Crippen molar-refractivity contribution >= 4 is 23.7 Å². The van der Waals surface area contributed by atoms with Crippen LogP contribution in [0.1, 0.15) is 37.9 Å². The van der Waals surface area contributed by atoms with Gasteiger partial charge in [0.1, 0.15) is 5.82 Å². The van der Waals surface area contributed by atoms with Gasteiger partial charge in [-0.3, -0.25) is 0 Å². The molecule has 0 amide bonds. The SMILES string of the molecule is CCSCCCNc1nc(N)nc(C2CC2)n1. The first-order valence-electron chi connectivity index (χ1n) is 6.12. The molecule has 0 saturated heterocycles. The van der Waals surface area contributed by atoms with Crippen LogP contribution in [0.3, 0.4) is 0 Å². The molecule has 0 radical (unpaired) electrons. The van der Waals surface area contributed by atoms with E-state index in [1.807, 2.05) is 11.8 Å². The van der Waals surface area contributed by atoms with Crippen LogP contribution in [0, 0.1) is 0 Å². The number of aromatic nitrogens is 3. The average molecular weight is 253 g/mol. The minimum atomic E-state index is 0.326. The van der Waals surface area contributed by atoms with Crippen molar-refractivity contribution in [3.05, 3.63) is 5.82 Å². The number of nitrogens with zero attached hydrogens (tertiary/aromatic N) is 3. The zero-order chi connectivity index (χ0) is 12.1. The highest BCUT2D eigenvalue weighted by molar-refractivity contribution is 7.99. The lowest BCUT2D eigenvalue weighted by Gasteiger charge is -2.06. The Hall–Kier alpha value is -1.04. The molecule has 1 aliphatic carbocycles. The number of thioether (sulfide) groups is 1. The van der Waals surface area contributed by atoms with E-state index in [0.29, 0.717) is 17.8 Å². The lowest BCUT2D eigenvalue weighted by Crippen LogP contribution is -2.10. The molecule has 3 N–H and O–H groups in total. The Bertz CT molecular complexity index is 367. The van der Waals surface area contributed by atoms with E-state index in [4.69, 9.17) is 5.73 Å². The van der Waals surface area contributed by atoms with Crippen LogP contribution < -0.4 is 11.1 Å². The molecule has 1 aromatic rings. The van der Waals surface area contributed by atoms with E-state index in [9.17, 15) is 0 Å². The fraction of sp³-hybridized carbons (Fsp3) is 0.727. The smallest absolute Gasteiger partial charge is 0.227 e. The molecule has 1 heterocycles. The first-order chi connectivity index (χ1) is 8.29. The Morgan fingerprint density at radius 2 is 2.18 bits per heavy atom. The van der Waals surface area contributed by atoms with Crippen LogP contribution in [-0.2, 0) is 0 Å². The van der Waals surface area contributed by atoms with Gasteiger partial charge in [0.05, 0.1) is 0 Å². The van der Waals surface area contributed by atoms with E-state index in [1.54, 1.807) is 0 Å². The highest BCUT2D eigenvalue weighted by Gasteiger charge is 2.27. The van der Waals surface area contributed by atoms with Crippen molar-refractivity contribution in [2.24, 2.45) is 0 Å². The first kappa shape index (κ1) is 12.4. The summed E-state index contributed by atoms with van der Waals surface area (Å²) in [6.45, 7) is 3.06. The minimum Gasteiger partial charge on any atom is -0.368 e. The van der Waals surface area contributed by atoms with E-state index < -0.39 is 0 Å². The maximum absolute atomic E-state index is 5.67. The Morgan fingerprint density at radius 1 is 1.35 bits per heavy atom. The Labute approximate surface area is 106 Å². The largest absolute Gasteiger partial charge is 0.368 e. The lowest BCUT2D eigenvalue weighted by atomic mass is 10.4. The van der Waals surface area contributed by atoms with Gasteiger partial charge in [-0.05, 0) is 30.8 Å². The number of anilines is 2. The zero-order valence-corrected chi connectivity index (χ0v) is 11.0. The number of hydrogen-bond acceptors (Lipinski definition) is 6. The molecule has 0 spiro atoms. The fourth-order valence-electron chi connectivity index (χ4n) is 1.53. The summed E-state index contributed by atoms with van der Waals surface area (Å²) >= 11 is 1.95. The third-order valence-electron chi connectivity index (χ3n) is 2.57. The Balaban J connectivity index is 1.82. The summed E-state index contributed by atoms with van der Waals surface area (Å²) in [6.07, 6.45) is 3.47. The molecule has 1 aromatic heterocycles. The maximum Gasteiger partial charge on any atom is 0.227 e. The van der Waals surface area contributed by atoms with Crippen LogP contribution >= 0.6 is 11.8 Å². The van der Waals surface area contributed by atoms with Crippen molar-refractivity contribution < 1.29 is 0 Å². The molecule has 0 aliphatic heterocycles. The molecule has 0 atom stereocenters. The summed E-state index contributed by atoms with van der Waals surface area (Å²) in [5.74, 6) is 4.65. The van der Waals surface area contributed by atoms with Crippen LogP contribution in [0.4, 0.5) is 11.9 Å². The van der Waals surface area contributed by atoms with Crippen molar-refractivity contribution in [1.29, 1.82) is 0 Å². The molecule has 2 rings (SSSR count). The molecule has 5 nitrogen and oxygen atoms in total. The van der Waals surface area contributed by atoms with Crippen molar-refractivity contribution in [2.75, 3.05) is 29.1 Å². The minimum absolute atomic E-state index is 0.326. The quantitative estimate of drug-likeness (QED) is 0.723. The fourth-order valence-corrected chi connectivity index (χ4v) is 2.17. The molecule has 0 bridgehead atoms. The van der Waals surface area contributed by atoms with Crippen LogP contribution in [0.2, 0.25) is 0 Å². The molecule has 6 heteroatoms. The number of hydrogen-bond donors (Lipinski definition) is 2. The van der Waals surface area contributed by atoms with Gasteiger partial charge in [0.2, 0.25) is 11.9 Å². The highest BCUT2D eigenvalue weighted by Crippen LogP contribution is 2.38. The van der Waals surface area contributed by atoms with Gasteiger partial charge in [-0.2, -0.15) is 26.7 Å². The van der Waals surface area contributed by atoms with Gasteiger partial charge < -0.3 is 11.1 Å². The standard InChI is InChI=1S/C11H19N5S/c1-2-17-7-3-6-13-11-15-9(8-4-5-8)14-10(12)16-11/h8H,2-7H2,1H3,(H3,12,13,14,15,16). The van der Waals surface area contributed by atoms with Gasteiger partial charge in [0.15, 0.2) is 0 Å². The van der Waals surface area contributed by atoms with Gasteiger partial charge in [-0.15, -0.1) is 0 Å². The lowest BCUT2D eigenvalue weighted by molar-refractivity contribution is 0.880. The van der Waals surface area contributed by atoms with Crippen molar-refractivity contribution in [2.45, 2.75) is 32.1 Å². The number of nitrogens with one attached hydrogen (secondary N) is 1. The summed E-state index contributed by atoms with van der Waals surface area (Å²) in [4.78, 5) is 12.7. The van der Waals surface area contributed by atoms with E-state index in [0.717, 1.165) is 18.8 Å². The summed E-state index contributed by atoms with van der Waals surface area (Å²) < 4.78 is 0. The number of nitrogens with two attached hydrogens (primary N) is 1. The molecule has 94 valence electrons. The molecular formula is C11H19N5S. The van der Waals surface area contributed by atoms with Gasteiger partial charge in [-0.1, -0.05) is 6.92 Å². The maximum atomic E-state index is 5.67. The molecule has 0 aromatic carbocycles. The van der Waals surface area contributed by atoms with Gasteiger partial charge in [0, 0.05) is 12.5 Å². The van der Waals surface area contributed by atoms with E-state index in [1.165, 1.54) is 24.3 Å². The van der Waals surface area contributed by atoms with Gasteiger partial charge in [-0.25, -0.2) is 0 Å². The van der Waals surface area contributed by atoms with Gasteiger partial charge >= 0.3 is 0 Å². The second-order valence-electron chi connectivity index (χ2n) is 4.13. The first-order valence-corrected chi connectivity index (χ1v) is 7.28. The monoisotopic (exact) mass is 253 g/mol. The summed E-state index contributed by atoms with van der Waals surface area (Å²) in [6, 6.07) is 0. The molecule has 1 fully saturated rings. The van der Waals surface area contributed by atoms with Crippen molar-refractivity contribution in [1.82, 2.24) is 15.0 Å². The van der Waals surface area contributed by atoms with Crippen LogP contribution in [0.5, 0.6) is 0 Å². The predicted octanol–water partition coefficient (Wildman–Crippen LogP) is 1.89. The summed E-state index contributed by atoms with van der Waals surface area (Å²) in [5.41, 5.74) is 5.67. The van der Waals surface area contributed by atoms with E-state index in [-0.39, 0.29) is 0 Å². The normalized spacial score (nSPS) is 14.9. The Kier molecular flexibility index (Phi) is 4.42. The van der Waals surface area contributed by atoms with Crippen LogP contribution in [0.15, 0.2) is 0 Å². The predicted molar refractivity (Wildman–Crippen MR) is 72.3 cm³/mol. The van der Waals surface area contributed by atoms with Crippen LogP contribution in [0.25, 0.3) is 0 Å². The Morgan fingerprint density at radius 3 is 2.88 bits per heavy atom. The number of nitrogen functional groups attached to an aromatic ring is 1. The third-order valence-corrected chi connectivity index (χ3v) is 3.55. The van der Waals surface area contributed by atoms with Crippen molar-refractivity contribution in [3.63, 3.8) is 0 Å². The molecule has 17 heavy (non-hydrogen) atoms. The number of rotatable bonds is 7. The highest BCUT2D eigenvalue weighted by atomic mass is 32.2. The van der Waals surface area contributed by atoms with Crippen LogP contribution in [-0.4, -0.2) is 33.0 Å². The molecule has 0 unspecified atom stereocenters. The molecule has 1 aliphatic rings. The summed E-state index contributed by atoms with van der Waals surface area (Å²) in [7, 11) is 0. The average Bonchev–Trinajstić information content (AvgIpc) is 3.12. The van der Waals surface area contributed by atoms with Crippen molar-refractivity contribution in [3.8, 4) is 0 Å².